The zero-order chi connectivity index (χ0) is 9.42. The van der Waals surface area contributed by atoms with Gasteiger partial charge in [-0.15, -0.1) is 11.3 Å². The fraction of sp³-hybridized carbons (Fsp3) is 0.444. The monoisotopic (exact) mass is 215 g/mol. The molecule has 1 heterocycles. The van der Waals surface area contributed by atoms with Crippen LogP contribution in [-0.4, -0.2) is 11.9 Å². The zero-order valence-corrected chi connectivity index (χ0v) is 8.78. The van der Waals surface area contributed by atoms with Crippen LogP contribution in [0.3, 0.4) is 0 Å². The number of nitrogens with one attached hydrogen (secondary N) is 1. The molecule has 2 atom stereocenters. The van der Waals surface area contributed by atoms with Crippen LogP contribution in [0.15, 0.2) is 11.4 Å². The SMILES string of the molecule is C[C@@H]1C[C@H]1NC(=O)c1cc(Cl)cs1. The van der Waals surface area contributed by atoms with E-state index in [2.05, 4.69) is 12.2 Å². The first kappa shape index (κ1) is 9.03. The van der Waals surface area contributed by atoms with E-state index in [1.807, 2.05) is 0 Å². The lowest BCUT2D eigenvalue weighted by Crippen LogP contribution is -2.25. The Morgan fingerprint density at radius 3 is 2.92 bits per heavy atom. The second-order valence-electron chi connectivity index (χ2n) is 3.42. The Kier molecular flexibility index (Phi) is 2.30. The Morgan fingerprint density at radius 2 is 2.46 bits per heavy atom. The van der Waals surface area contributed by atoms with Crippen LogP contribution in [0.5, 0.6) is 0 Å². The predicted molar refractivity (Wildman–Crippen MR) is 54.4 cm³/mol. The van der Waals surface area contributed by atoms with E-state index in [0.717, 1.165) is 6.42 Å². The van der Waals surface area contributed by atoms with Crippen molar-refractivity contribution in [3.63, 3.8) is 0 Å². The van der Waals surface area contributed by atoms with Crippen LogP contribution in [0, 0.1) is 5.92 Å². The molecule has 1 saturated carbocycles. The van der Waals surface area contributed by atoms with E-state index >= 15 is 0 Å². The minimum atomic E-state index is 0.00579. The summed E-state index contributed by atoms with van der Waals surface area (Å²) in [7, 11) is 0. The molecule has 1 aromatic rings. The quantitative estimate of drug-likeness (QED) is 0.807. The molecule has 0 aromatic carbocycles. The van der Waals surface area contributed by atoms with Crippen LogP contribution in [0.2, 0.25) is 5.02 Å². The first-order valence-electron chi connectivity index (χ1n) is 4.21. The first-order valence-corrected chi connectivity index (χ1v) is 5.47. The third kappa shape index (κ3) is 2.03. The second-order valence-corrected chi connectivity index (χ2v) is 4.77. The van der Waals surface area contributed by atoms with Crippen molar-refractivity contribution in [3.8, 4) is 0 Å². The summed E-state index contributed by atoms with van der Waals surface area (Å²) in [5, 5.41) is 5.35. The Morgan fingerprint density at radius 1 is 1.77 bits per heavy atom. The van der Waals surface area contributed by atoms with E-state index in [9.17, 15) is 4.79 Å². The summed E-state index contributed by atoms with van der Waals surface area (Å²) in [6, 6.07) is 2.09. The third-order valence-corrected chi connectivity index (χ3v) is 3.49. The Labute approximate surface area is 85.9 Å². The summed E-state index contributed by atoms with van der Waals surface area (Å²) >= 11 is 7.10. The Balaban J connectivity index is 1.97. The van der Waals surface area contributed by atoms with Gasteiger partial charge in [0, 0.05) is 11.4 Å². The highest BCUT2D eigenvalue weighted by atomic mass is 35.5. The molecule has 2 rings (SSSR count). The van der Waals surface area contributed by atoms with Crippen molar-refractivity contribution in [2.45, 2.75) is 19.4 Å². The number of carbonyl (C=O) groups is 1. The lowest BCUT2D eigenvalue weighted by molar-refractivity contribution is 0.0953. The average molecular weight is 216 g/mol. The first-order chi connectivity index (χ1) is 6.16. The number of rotatable bonds is 2. The van der Waals surface area contributed by atoms with Gasteiger partial charge in [-0.25, -0.2) is 0 Å². The van der Waals surface area contributed by atoms with Gasteiger partial charge in [-0.2, -0.15) is 0 Å². The van der Waals surface area contributed by atoms with Gasteiger partial charge >= 0.3 is 0 Å². The number of carbonyl (C=O) groups excluding carboxylic acids is 1. The zero-order valence-electron chi connectivity index (χ0n) is 7.21. The highest BCUT2D eigenvalue weighted by Gasteiger charge is 2.34. The summed E-state index contributed by atoms with van der Waals surface area (Å²) in [5.41, 5.74) is 0. The Hall–Kier alpha value is -0.540. The van der Waals surface area contributed by atoms with Crippen LogP contribution >= 0.6 is 22.9 Å². The van der Waals surface area contributed by atoms with Gasteiger partial charge in [-0.1, -0.05) is 18.5 Å². The largest absolute Gasteiger partial charge is 0.348 e. The maximum Gasteiger partial charge on any atom is 0.261 e. The summed E-state index contributed by atoms with van der Waals surface area (Å²) < 4.78 is 0. The maximum atomic E-state index is 11.5. The minimum absolute atomic E-state index is 0.00579. The molecule has 0 bridgehead atoms. The van der Waals surface area contributed by atoms with E-state index in [0.29, 0.717) is 21.9 Å². The van der Waals surface area contributed by atoms with Gasteiger partial charge in [-0.05, 0) is 18.4 Å². The normalized spacial score (nSPS) is 25.7. The van der Waals surface area contributed by atoms with Crippen molar-refractivity contribution in [2.24, 2.45) is 5.92 Å². The predicted octanol–water partition coefficient (Wildman–Crippen LogP) is 2.54. The van der Waals surface area contributed by atoms with Gasteiger partial charge in [0.1, 0.15) is 0 Å². The molecule has 0 radical (unpaired) electrons. The van der Waals surface area contributed by atoms with E-state index in [1.165, 1.54) is 11.3 Å². The molecule has 0 unspecified atom stereocenters. The van der Waals surface area contributed by atoms with Crippen molar-refractivity contribution in [2.75, 3.05) is 0 Å². The standard InChI is InChI=1S/C9H10ClNOS/c1-5-2-7(5)11-9(12)8-3-6(10)4-13-8/h3-5,7H,2H2,1H3,(H,11,12)/t5-,7-/m1/s1. The number of thiophene rings is 1. The molecule has 1 aliphatic carbocycles. The number of hydrogen-bond donors (Lipinski definition) is 1. The van der Waals surface area contributed by atoms with E-state index in [1.54, 1.807) is 11.4 Å². The lowest BCUT2D eigenvalue weighted by atomic mass is 10.4. The number of amides is 1. The van der Waals surface area contributed by atoms with Crippen LogP contribution < -0.4 is 5.32 Å². The molecule has 1 N–H and O–H groups in total. The van der Waals surface area contributed by atoms with Crippen molar-refractivity contribution in [3.05, 3.63) is 21.3 Å². The summed E-state index contributed by atoms with van der Waals surface area (Å²) in [6.07, 6.45) is 1.10. The maximum absolute atomic E-state index is 11.5. The molecule has 0 saturated heterocycles. The smallest absolute Gasteiger partial charge is 0.261 e. The molecule has 1 aromatic heterocycles. The van der Waals surface area contributed by atoms with E-state index in [4.69, 9.17) is 11.6 Å². The van der Waals surface area contributed by atoms with Gasteiger partial charge < -0.3 is 5.32 Å². The third-order valence-electron chi connectivity index (χ3n) is 2.22. The minimum Gasteiger partial charge on any atom is -0.348 e. The lowest BCUT2D eigenvalue weighted by Gasteiger charge is -1.99. The molecule has 4 heteroatoms. The molecule has 0 spiro atoms. The van der Waals surface area contributed by atoms with E-state index < -0.39 is 0 Å². The molecule has 0 aliphatic heterocycles. The van der Waals surface area contributed by atoms with Crippen molar-refractivity contribution in [1.82, 2.24) is 5.32 Å². The van der Waals surface area contributed by atoms with Crippen molar-refractivity contribution >= 4 is 28.8 Å². The van der Waals surface area contributed by atoms with Gasteiger partial charge in [-0.3, -0.25) is 4.79 Å². The number of hydrogen-bond acceptors (Lipinski definition) is 2. The van der Waals surface area contributed by atoms with Crippen LogP contribution in [0.25, 0.3) is 0 Å². The van der Waals surface area contributed by atoms with Crippen LogP contribution in [0.4, 0.5) is 0 Å². The topological polar surface area (TPSA) is 29.1 Å². The van der Waals surface area contributed by atoms with Gasteiger partial charge in [0.2, 0.25) is 0 Å². The highest BCUT2D eigenvalue weighted by molar-refractivity contribution is 7.12. The van der Waals surface area contributed by atoms with Crippen molar-refractivity contribution in [1.29, 1.82) is 0 Å². The van der Waals surface area contributed by atoms with Crippen LogP contribution in [-0.2, 0) is 0 Å². The summed E-state index contributed by atoms with van der Waals surface area (Å²) in [6.45, 7) is 2.13. The fourth-order valence-electron chi connectivity index (χ4n) is 1.19. The molecule has 1 aliphatic rings. The molecule has 1 amide bonds. The summed E-state index contributed by atoms with van der Waals surface area (Å²) in [4.78, 5) is 12.2. The van der Waals surface area contributed by atoms with Gasteiger partial charge in [0.05, 0.1) is 9.90 Å². The van der Waals surface area contributed by atoms with Gasteiger partial charge in [0.15, 0.2) is 0 Å². The summed E-state index contributed by atoms with van der Waals surface area (Å²) in [5.74, 6) is 0.644. The Bertz CT molecular complexity index is 336. The van der Waals surface area contributed by atoms with E-state index in [-0.39, 0.29) is 5.91 Å². The molecule has 1 fully saturated rings. The molecule has 13 heavy (non-hydrogen) atoms. The molecule has 70 valence electrons. The average Bonchev–Trinajstić information content (AvgIpc) is 2.62. The van der Waals surface area contributed by atoms with Crippen LogP contribution in [0.1, 0.15) is 23.0 Å². The number of halogens is 1. The molecule has 2 nitrogen and oxygen atoms in total. The van der Waals surface area contributed by atoms with Gasteiger partial charge in [0.25, 0.3) is 5.91 Å². The molecular weight excluding hydrogens is 206 g/mol. The second kappa shape index (κ2) is 3.31. The van der Waals surface area contributed by atoms with Crippen molar-refractivity contribution < 1.29 is 4.79 Å². The highest BCUT2D eigenvalue weighted by Crippen LogP contribution is 2.29. The molecular formula is C9H10ClNOS. The fourth-order valence-corrected chi connectivity index (χ4v) is 2.17.